The largest absolute Gasteiger partial charge is 0.391 e. The summed E-state index contributed by atoms with van der Waals surface area (Å²) < 4.78 is 5.70. The van der Waals surface area contributed by atoms with E-state index in [0.717, 1.165) is 24.7 Å². The molecule has 1 fully saturated rings. The van der Waals surface area contributed by atoms with Gasteiger partial charge in [0.25, 0.3) is 0 Å². The Balaban J connectivity index is 2.20. The van der Waals surface area contributed by atoms with Crippen LogP contribution in [0.15, 0.2) is 0 Å². The predicted molar refractivity (Wildman–Crippen MR) is 58.2 cm³/mol. The molecule has 0 aromatic rings. The van der Waals surface area contributed by atoms with Crippen LogP contribution in [0.4, 0.5) is 0 Å². The Hall–Kier alpha value is -0.0800. The first-order valence-corrected chi connectivity index (χ1v) is 5.93. The SMILES string of the molecule is CCC(O)COC1CCC(C)C(C)C1. The average Bonchev–Trinajstić information content (AvgIpc) is 2.19. The molecule has 0 bridgehead atoms. The van der Waals surface area contributed by atoms with Crippen molar-refractivity contribution in [1.29, 1.82) is 0 Å². The van der Waals surface area contributed by atoms with Gasteiger partial charge >= 0.3 is 0 Å². The molecule has 1 N–H and O–H groups in total. The van der Waals surface area contributed by atoms with Crippen LogP contribution < -0.4 is 0 Å². The summed E-state index contributed by atoms with van der Waals surface area (Å²) in [4.78, 5) is 0. The van der Waals surface area contributed by atoms with Crippen LogP contribution in [-0.2, 0) is 4.74 Å². The summed E-state index contributed by atoms with van der Waals surface area (Å²) in [5.41, 5.74) is 0. The molecule has 1 saturated carbocycles. The maximum absolute atomic E-state index is 9.38. The molecule has 1 aliphatic carbocycles. The highest BCUT2D eigenvalue weighted by Crippen LogP contribution is 2.30. The van der Waals surface area contributed by atoms with Gasteiger partial charge in [0.05, 0.1) is 18.8 Å². The molecular weight excluding hydrogens is 176 g/mol. The Labute approximate surface area is 87.7 Å². The fraction of sp³-hybridized carbons (Fsp3) is 1.00. The lowest BCUT2D eigenvalue weighted by Crippen LogP contribution is -2.29. The van der Waals surface area contributed by atoms with Gasteiger partial charge in [-0.15, -0.1) is 0 Å². The molecule has 0 aromatic heterocycles. The van der Waals surface area contributed by atoms with Crippen molar-refractivity contribution in [3.8, 4) is 0 Å². The van der Waals surface area contributed by atoms with Gasteiger partial charge < -0.3 is 9.84 Å². The summed E-state index contributed by atoms with van der Waals surface area (Å²) in [5, 5.41) is 9.38. The highest BCUT2D eigenvalue weighted by molar-refractivity contribution is 4.75. The first kappa shape index (κ1) is 12.0. The standard InChI is InChI=1S/C12H24O2/c1-4-11(13)8-14-12-6-5-9(2)10(3)7-12/h9-13H,4-8H2,1-3H3. The van der Waals surface area contributed by atoms with Crippen LogP contribution >= 0.6 is 0 Å². The van der Waals surface area contributed by atoms with Gasteiger partial charge in [0.15, 0.2) is 0 Å². The normalized spacial score (nSPS) is 35.6. The first-order chi connectivity index (χ1) is 6.63. The zero-order valence-corrected chi connectivity index (χ0v) is 9.70. The minimum atomic E-state index is -0.273. The van der Waals surface area contributed by atoms with Crippen molar-refractivity contribution in [3.63, 3.8) is 0 Å². The Morgan fingerprint density at radius 3 is 2.57 bits per heavy atom. The van der Waals surface area contributed by atoms with Gasteiger partial charge in [-0.1, -0.05) is 20.8 Å². The van der Waals surface area contributed by atoms with Gasteiger partial charge in [0.1, 0.15) is 0 Å². The van der Waals surface area contributed by atoms with Gasteiger partial charge in [-0.05, 0) is 37.5 Å². The van der Waals surface area contributed by atoms with Gasteiger partial charge in [-0.25, -0.2) is 0 Å². The zero-order chi connectivity index (χ0) is 10.6. The topological polar surface area (TPSA) is 29.5 Å². The molecule has 0 saturated heterocycles. The van der Waals surface area contributed by atoms with E-state index < -0.39 is 0 Å². The minimum Gasteiger partial charge on any atom is -0.391 e. The smallest absolute Gasteiger partial charge is 0.0771 e. The van der Waals surface area contributed by atoms with Crippen LogP contribution in [0.3, 0.4) is 0 Å². The molecule has 0 aromatic carbocycles. The number of aliphatic hydroxyl groups is 1. The molecule has 0 aliphatic heterocycles. The Kier molecular flexibility index (Phi) is 4.90. The van der Waals surface area contributed by atoms with Crippen LogP contribution in [0.1, 0.15) is 46.5 Å². The van der Waals surface area contributed by atoms with Crippen molar-refractivity contribution in [3.05, 3.63) is 0 Å². The first-order valence-electron chi connectivity index (χ1n) is 5.93. The van der Waals surface area contributed by atoms with E-state index in [4.69, 9.17) is 4.74 Å². The summed E-state index contributed by atoms with van der Waals surface area (Å²) >= 11 is 0. The van der Waals surface area contributed by atoms with E-state index in [1.807, 2.05) is 6.92 Å². The highest BCUT2D eigenvalue weighted by Gasteiger charge is 2.25. The van der Waals surface area contributed by atoms with E-state index in [1.54, 1.807) is 0 Å². The van der Waals surface area contributed by atoms with E-state index in [2.05, 4.69) is 13.8 Å². The third kappa shape index (κ3) is 3.58. The highest BCUT2D eigenvalue weighted by atomic mass is 16.5. The Morgan fingerprint density at radius 1 is 1.29 bits per heavy atom. The average molecular weight is 200 g/mol. The van der Waals surface area contributed by atoms with Crippen LogP contribution in [0, 0.1) is 11.8 Å². The summed E-state index contributed by atoms with van der Waals surface area (Å²) in [7, 11) is 0. The van der Waals surface area contributed by atoms with E-state index >= 15 is 0 Å². The number of ether oxygens (including phenoxy) is 1. The molecule has 1 aliphatic rings. The maximum atomic E-state index is 9.38. The van der Waals surface area contributed by atoms with Crippen molar-refractivity contribution in [2.45, 2.75) is 58.7 Å². The van der Waals surface area contributed by atoms with Crippen LogP contribution in [0.2, 0.25) is 0 Å². The lowest BCUT2D eigenvalue weighted by Gasteiger charge is -2.32. The fourth-order valence-electron chi connectivity index (χ4n) is 2.01. The second-order valence-corrected chi connectivity index (χ2v) is 4.79. The number of hydrogen-bond acceptors (Lipinski definition) is 2. The van der Waals surface area contributed by atoms with E-state index in [9.17, 15) is 5.11 Å². The van der Waals surface area contributed by atoms with Crippen molar-refractivity contribution in [1.82, 2.24) is 0 Å². The van der Waals surface area contributed by atoms with Crippen LogP contribution in [0.5, 0.6) is 0 Å². The summed E-state index contributed by atoms with van der Waals surface area (Å²) in [6, 6.07) is 0. The number of hydrogen-bond donors (Lipinski definition) is 1. The number of aliphatic hydroxyl groups excluding tert-OH is 1. The van der Waals surface area contributed by atoms with Crippen molar-refractivity contribution in [2.24, 2.45) is 11.8 Å². The lowest BCUT2D eigenvalue weighted by molar-refractivity contribution is -0.0394. The number of rotatable bonds is 4. The summed E-state index contributed by atoms with van der Waals surface area (Å²) in [6.45, 7) is 7.13. The van der Waals surface area contributed by atoms with Crippen molar-refractivity contribution >= 4 is 0 Å². The maximum Gasteiger partial charge on any atom is 0.0771 e. The summed E-state index contributed by atoms with van der Waals surface area (Å²) in [5.74, 6) is 1.61. The third-order valence-corrected chi connectivity index (χ3v) is 3.55. The zero-order valence-electron chi connectivity index (χ0n) is 9.70. The monoisotopic (exact) mass is 200 g/mol. The van der Waals surface area contributed by atoms with E-state index in [-0.39, 0.29) is 6.10 Å². The molecule has 2 heteroatoms. The second kappa shape index (κ2) is 5.72. The Bertz CT molecular complexity index is 158. The minimum absolute atomic E-state index is 0.273. The molecule has 0 heterocycles. The molecule has 4 atom stereocenters. The summed E-state index contributed by atoms with van der Waals surface area (Å²) in [6.07, 6.45) is 4.51. The third-order valence-electron chi connectivity index (χ3n) is 3.55. The lowest BCUT2D eigenvalue weighted by atomic mass is 9.80. The molecule has 1 rings (SSSR count). The molecule has 2 nitrogen and oxygen atoms in total. The van der Waals surface area contributed by atoms with Crippen LogP contribution in [-0.4, -0.2) is 23.9 Å². The van der Waals surface area contributed by atoms with Gasteiger partial charge in [-0.2, -0.15) is 0 Å². The van der Waals surface area contributed by atoms with E-state index in [1.165, 1.54) is 12.8 Å². The quantitative estimate of drug-likeness (QED) is 0.756. The fourth-order valence-corrected chi connectivity index (χ4v) is 2.01. The molecule has 0 radical (unpaired) electrons. The van der Waals surface area contributed by atoms with E-state index in [0.29, 0.717) is 12.7 Å². The van der Waals surface area contributed by atoms with Crippen LogP contribution in [0.25, 0.3) is 0 Å². The molecule has 4 unspecified atom stereocenters. The molecule has 0 amide bonds. The second-order valence-electron chi connectivity index (χ2n) is 4.79. The molecule has 84 valence electrons. The van der Waals surface area contributed by atoms with Gasteiger partial charge in [0, 0.05) is 0 Å². The Morgan fingerprint density at radius 2 is 2.00 bits per heavy atom. The van der Waals surface area contributed by atoms with Gasteiger partial charge in [-0.3, -0.25) is 0 Å². The predicted octanol–water partition coefficient (Wildman–Crippen LogP) is 2.60. The van der Waals surface area contributed by atoms with Crippen molar-refractivity contribution < 1.29 is 9.84 Å². The molecule has 14 heavy (non-hydrogen) atoms. The van der Waals surface area contributed by atoms with Crippen molar-refractivity contribution in [2.75, 3.05) is 6.61 Å². The van der Waals surface area contributed by atoms with Gasteiger partial charge in [0.2, 0.25) is 0 Å². The molecule has 0 spiro atoms. The molecular formula is C12H24O2.